The van der Waals surface area contributed by atoms with Gasteiger partial charge in [-0.15, -0.1) is 0 Å². The fourth-order valence-corrected chi connectivity index (χ4v) is 2.31. The van der Waals surface area contributed by atoms with Gasteiger partial charge in [0.25, 0.3) is 5.92 Å². The summed E-state index contributed by atoms with van der Waals surface area (Å²) in [6.07, 6.45) is -0.353. The molecule has 1 saturated heterocycles. The van der Waals surface area contributed by atoms with Crippen molar-refractivity contribution in [2.24, 2.45) is 5.41 Å². The molecule has 5 heteroatoms. The molecule has 0 radical (unpaired) electrons. The van der Waals surface area contributed by atoms with E-state index in [2.05, 4.69) is 0 Å². The van der Waals surface area contributed by atoms with Crippen LogP contribution in [0.4, 0.5) is 8.78 Å². The number of hydrogen-bond donors (Lipinski definition) is 1. The lowest BCUT2D eigenvalue weighted by Gasteiger charge is -2.39. The van der Waals surface area contributed by atoms with Crippen molar-refractivity contribution in [1.29, 1.82) is 0 Å². The van der Waals surface area contributed by atoms with Gasteiger partial charge in [-0.3, -0.25) is 4.79 Å². The predicted octanol–water partition coefficient (Wildman–Crippen LogP) is 2.66. The fraction of sp³-hybridized carbons (Fsp3) is 0.462. The van der Waals surface area contributed by atoms with Gasteiger partial charge >= 0.3 is 5.97 Å². The van der Waals surface area contributed by atoms with Gasteiger partial charge in [-0.1, -0.05) is 30.3 Å². The van der Waals surface area contributed by atoms with Crippen molar-refractivity contribution in [3.05, 3.63) is 35.9 Å². The first-order valence-electron chi connectivity index (χ1n) is 5.75. The minimum atomic E-state index is -3.40. The van der Waals surface area contributed by atoms with E-state index in [9.17, 15) is 18.7 Å². The standard InChI is InChI=1S/C13H14F2O3/c14-13(15,10-4-2-1-3-5-10)12(11(16)17)6-8-18-9-7-12/h1-5H,6-9H2,(H,16,17). The summed E-state index contributed by atoms with van der Waals surface area (Å²) < 4.78 is 34.0. The highest BCUT2D eigenvalue weighted by Crippen LogP contribution is 2.51. The van der Waals surface area contributed by atoms with Gasteiger partial charge in [-0.05, 0) is 12.8 Å². The second-order valence-electron chi connectivity index (χ2n) is 4.44. The van der Waals surface area contributed by atoms with Gasteiger partial charge in [-0.2, -0.15) is 0 Å². The van der Waals surface area contributed by atoms with Gasteiger partial charge in [0, 0.05) is 18.8 Å². The summed E-state index contributed by atoms with van der Waals surface area (Å²) >= 11 is 0. The molecule has 0 amide bonds. The Bertz CT molecular complexity index is 425. The van der Waals surface area contributed by atoms with Crippen LogP contribution in [0.2, 0.25) is 0 Å². The van der Waals surface area contributed by atoms with Crippen molar-refractivity contribution in [1.82, 2.24) is 0 Å². The van der Waals surface area contributed by atoms with E-state index in [1.54, 1.807) is 6.07 Å². The Balaban J connectivity index is 2.44. The molecule has 1 aromatic rings. The van der Waals surface area contributed by atoms with E-state index in [4.69, 9.17) is 4.74 Å². The maximum Gasteiger partial charge on any atom is 0.316 e. The van der Waals surface area contributed by atoms with Crippen molar-refractivity contribution in [3.63, 3.8) is 0 Å². The van der Waals surface area contributed by atoms with Gasteiger partial charge in [-0.25, -0.2) is 8.78 Å². The van der Waals surface area contributed by atoms with E-state index in [-0.39, 0.29) is 31.6 Å². The minimum absolute atomic E-state index is 0.0503. The first-order chi connectivity index (χ1) is 8.51. The highest BCUT2D eigenvalue weighted by Gasteiger charge is 2.60. The highest BCUT2D eigenvalue weighted by molar-refractivity contribution is 5.76. The van der Waals surface area contributed by atoms with Crippen LogP contribution in [0.15, 0.2) is 30.3 Å². The topological polar surface area (TPSA) is 46.5 Å². The van der Waals surface area contributed by atoms with Crippen LogP contribution in [0.3, 0.4) is 0 Å². The van der Waals surface area contributed by atoms with E-state index < -0.39 is 17.3 Å². The summed E-state index contributed by atoms with van der Waals surface area (Å²) in [6, 6.07) is 7.12. The first-order valence-corrected chi connectivity index (χ1v) is 5.75. The molecule has 3 nitrogen and oxygen atoms in total. The third kappa shape index (κ3) is 1.88. The second-order valence-corrected chi connectivity index (χ2v) is 4.44. The maximum atomic E-state index is 14.5. The SMILES string of the molecule is O=C(O)C1(C(F)(F)c2ccccc2)CCOCC1. The van der Waals surface area contributed by atoms with Crippen LogP contribution in [0.25, 0.3) is 0 Å². The van der Waals surface area contributed by atoms with E-state index in [1.807, 2.05) is 0 Å². The average Bonchev–Trinajstić information content (AvgIpc) is 2.40. The molecular weight excluding hydrogens is 242 g/mol. The summed E-state index contributed by atoms with van der Waals surface area (Å²) in [5.41, 5.74) is -2.32. The van der Waals surface area contributed by atoms with E-state index in [0.717, 1.165) is 0 Å². The third-order valence-corrected chi connectivity index (χ3v) is 3.49. The van der Waals surface area contributed by atoms with Gasteiger partial charge in [0.05, 0.1) is 0 Å². The molecule has 0 saturated carbocycles. The van der Waals surface area contributed by atoms with Gasteiger partial charge in [0.2, 0.25) is 0 Å². The Morgan fingerprint density at radius 1 is 1.22 bits per heavy atom. The molecule has 98 valence electrons. The number of ether oxygens (including phenoxy) is 1. The van der Waals surface area contributed by atoms with Crippen molar-refractivity contribution in [2.45, 2.75) is 18.8 Å². The molecule has 1 aromatic carbocycles. The van der Waals surface area contributed by atoms with Crippen LogP contribution >= 0.6 is 0 Å². The molecule has 1 fully saturated rings. The lowest BCUT2D eigenvalue weighted by molar-refractivity contribution is -0.200. The number of carboxylic acids is 1. The summed E-state index contributed by atoms with van der Waals surface area (Å²) in [5, 5.41) is 9.25. The Kier molecular flexibility index (Phi) is 3.34. The Hall–Kier alpha value is -1.49. The number of halogens is 2. The van der Waals surface area contributed by atoms with Crippen LogP contribution in [-0.4, -0.2) is 24.3 Å². The Morgan fingerprint density at radius 2 is 1.78 bits per heavy atom. The number of rotatable bonds is 3. The smallest absolute Gasteiger partial charge is 0.316 e. The van der Waals surface area contributed by atoms with Crippen LogP contribution in [0.1, 0.15) is 18.4 Å². The van der Waals surface area contributed by atoms with Crippen LogP contribution in [-0.2, 0) is 15.5 Å². The molecule has 2 rings (SSSR count). The fourth-order valence-electron chi connectivity index (χ4n) is 2.31. The lowest BCUT2D eigenvalue weighted by Crippen LogP contribution is -2.49. The molecule has 0 unspecified atom stereocenters. The predicted molar refractivity (Wildman–Crippen MR) is 60.5 cm³/mol. The third-order valence-electron chi connectivity index (χ3n) is 3.49. The summed E-state index contributed by atoms with van der Waals surface area (Å²) in [4.78, 5) is 11.4. The number of aliphatic carboxylic acids is 1. The molecule has 0 bridgehead atoms. The molecule has 18 heavy (non-hydrogen) atoms. The van der Waals surface area contributed by atoms with Gasteiger partial charge in [0.15, 0.2) is 0 Å². The van der Waals surface area contributed by atoms with E-state index in [1.165, 1.54) is 24.3 Å². The summed E-state index contributed by atoms with van der Waals surface area (Å²) in [7, 11) is 0. The molecule has 1 N–H and O–H groups in total. The normalized spacial score (nSPS) is 19.4. The Morgan fingerprint density at radius 3 is 2.28 bits per heavy atom. The summed E-state index contributed by atoms with van der Waals surface area (Å²) in [5.74, 6) is -4.86. The zero-order chi connectivity index (χ0) is 13.2. The molecule has 0 aliphatic carbocycles. The molecule has 1 aliphatic heterocycles. The highest BCUT2D eigenvalue weighted by atomic mass is 19.3. The number of alkyl halides is 2. The number of benzene rings is 1. The zero-order valence-corrected chi connectivity index (χ0v) is 9.73. The maximum absolute atomic E-state index is 14.5. The summed E-state index contributed by atoms with van der Waals surface area (Å²) in [6.45, 7) is 0.101. The largest absolute Gasteiger partial charge is 0.481 e. The lowest BCUT2D eigenvalue weighted by atomic mass is 9.72. The van der Waals surface area contributed by atoms with E-state index in [0.29, 0.717) is 0 Å². The van der Waals surface area contributed by atoms with Crippen molar-refractivity contribution in [3.8, 4) is 0 Å². The van der Waals surface area contributed by atoms with Crippen molar-refractivity contribution >= 4 is 5.97 Å². The molecular formula is C13H14F2O3. The molecule has 0 atom stereocenters. The molecule has 0 aromatic heterocycles. The molecule has 0 spiro atoms. The van der Waals surface area contributed by atoms with Gasteiger partial charge in [0.1, 0.15) is 5.41 Å². The quantitative estimate of drug-likeness (QED) is 0.904. The van der Waals surface area contributed by atoms with E-state index >= 15 is 0 Å². The second kappa shape index (κ2) is 4.65. The zero-order valence-electron chi connectivity index (χ0n) is 9.73. The number of hydrogen-bond acceptors (Lipinski definition) is 2. The van der Waals surface area contributed by atoms with Crippen LogP contribution in [0.5, 0.6) is 0 Å². The Labute approximate surface area is 103 Å². The van der Waals surface area contributed by atoms with Crippen LogP contribution in [0, 0.1) is 5.41 Å². The van der Waals surface area contributed by atoms with Crippen molar-refractivity contribution in [2.75, 3.05) is 13.2 Å². The average molecular weight is 256 g/mol. The van der Waals surface area contributed by atoms with Gasteiger partial charge < -0.3 is 9.84 Å². The first kappa shape index (κ1) is 13.0. The monoisotopic (exact) mass is 256 g/mol. The molecule has 1 heterocycles. The minimum Gasteiger partial charge on any atom is -0.481 e. The molecule has 1 aliphatic rings. The van der Waals surface area contributed by atoms with Crippen molar-refractivity contribution < 1.29 is 23.4 Å². The van der Waals surface area contributed by atoms with Crippen LogP contribution < -0.4 is 0 Å². The number of carbonyl (C=O) groups is 1. The number of carboxylic acid groups (broad SMARTS) is 1.